The lowest BCUT2D eigenvalue weighted by Gasteiger charge is -2.11. The number of rotatable bonds is 6. The van der Waals surface area contributed by atoms with Crippen LogP contribution in [0.15, 0.2) is 24.3 Å². The monoisotopic (exact) mass is 252 g/mol. The van der Waals surface area contributed by atoms with Gasteiger partial charge in [0.2, 0.25) is 0 Å². The van der Waals surface area contributed by atoms with Gasteiger partial charge in [0, 0.05) is 18.2 Å². The summed E-state index contributed by atoms with van der Waals surface area (Å²) in [4.78, 5) is 21.5. The average Bonchev–Trinajstić information content (AvgIpc) is 2.38. The Hall–Kier alpha value is -1.95. The highest BCUT2D eigenvalue weighted by molar-refractivity contribution is 5.75. The van der Waals surface area contributed by atoms with E-state index in [-0.39, 0.29) is 11.7 Å². The first-order valence-corrected chi connectivity index (χ1v) is 5.59. The molecular formula is C12H16N2O4. The fourth-order valence-electron chi connectivity index (χ4n) is 1.58. The smallest absolute Gasteiger partial charge is 0.322 e. The molecular weight excluding hydrogens is 236 g/mol. The standard InChI is InChI=1S/C12H16N2O4/c1-9(12(15)18-2)13-8-7-10-5-3-4-6-11(10)14(16)17/h3-6,9,13H,7-8H2,1-2H3. The van der Waals surface area contributed by atoms with E-state index in [4.69, 9.17) is 0 Å². The second kappa shape index (κ2) is 6.70. The van der Waals surface area contributed by atoms with Crippen LogP contribution in [0.1, 0.15) is 12.5 Å². The van der Waals surface area contributed by atoms with Crippen molar-refractivity contribution in [2.75, 3.05) is 13.7 Å². The van der Waals surface area contributed by atoms with Crippen molar-refractivity contribution < 1.29 is 14.5 Å². The Morgan fingerprint density at radius 2 is 2.17 bits per heavy atom. The molecule has 6 heteroatoms. The maximum absolute atomic E-state index is 11.1. The molecule has 0 bridgehead atoms. The molecule has 1 unspecified atom stereocenters. The van der Waals surface area contributed by atoms with E-state index in [0.29, 0.717) is 18.5 Å². The molecule has 0 saturated carbocycles. The molecule has 1 rings (SSSR count). The third kappa shape index (κ3) is 3.81. The highest BCUT2D eigenvalue weighted by Crippen LogP contribution is 2.17. The van der Waals surface area contributed by atoms with Crippen molar-refractivity contribution in [3.8, 4) is 0 Å². The highest BCUT2D eigenvalue weighted by Gasteiger charge is 2.14. The first-order chi connectivity index (χ1) is 8.56. The lowest BCUT2D eigenvalue weighted by molar-refractivity contribution is -0.385. The molecule has 1 aromatic rings. The van der Waals surface area contributed by atoms with Crippen molar-refractivity contribution in [1.82, 2.24) is 5.32 Å². The number of ether oxygens (including phenoxy) is 1. The van der Waals surface area contributed by atoms with Crippen LogP contribution in [0.3, 0.4) is 0 Å². The number of methoxy groups -OCH3 is 1. The molecule has 18 heavy (non-hydrogen) atoms. The summed E-state index contributed by atoms with van der Waals surface area (Å²) in [6.07, 6.45) is 0.485. The predicted molar refractivity (Wildman–Crippen MR) is 66.3 cm³/mol. The molecule has 1 N–H and O–H groups in total. The zero-order chi connectivity index (χ0) is 13.5. The number of nitrogens with zero attached hydrogens (tertiary/aromatic N) is 1. The van der Waals surface area contributed by atoms with E-state index in [1.165, 1.54) is 13.2 Å². The van der Waals surface area contributed by atoms with Crippen molar-refractivity contribution in [2.24, 2.45) is 0 Å². The van der Waals surface area contributed by atoms with E-state index < -0.39 is 11.0 Å². The summed E-state index contributed by atoms with van der Waals surface area (Å²) in [5.41, 5.74) is 0.747. The number of nitrogens with one attached hydrogen (secondary N) is 1. The first-order valence-electron chi connectivity index (χ1n) is 5.59. The van der Waals surface area contributed by atoms with Gasteiger partial charge in [-0.15, -0.1) is 0 Å². The van der Waals surface area contributed by atoms with Crippen LogP contribution in [-0.4, -0.2) is 30.6 Å². The Kier molecular flexibility index (Phi) is 5.26. The van der Waals surface area contributed by atoms with Crippen LogP contribution in [0.4, 0.5) is 5.69 Å². The normalized spacial score (nSPS) is 11.9. The maximum Gasteiger partial charge on any atom is 0.322 e. The number of benzene rings is 1. The fraction of sp³-hybridized carbons (Fsp3) is 0.417. The molecule has 0 aliphatic heterocycles. The zero-order valence-corrected chi connectivity index (χ0v) is 10.4. The van der Waals surface area contributed by atoms with Crippen molar-refractivity contribution in [3.05, 3.63) is 39.9 Å². The van der Waals surface area contributed by atoms with Crippen LogP contribution in [-0.2, 0) is 16.0 Å². The zero-order valence-electron chi connectivity index (χ0n) is 10.4. The molecule has 0 radical (unpaired) electrons. The fourth-order valence-corrected chi connectivity index (χ4v) is 1.58. The van der Waals surface area contributed by atoms with Gasteiger partial charge in [0.1, 0.15) is 6.04 Å². The van der Waals surface area contributed by atoms with Gasteiger partial charge in [-0.3, -0.25) is 14.9 Å². The topological polar surface area (TPSA) is 81.5 Å². The van der Waals surface area contributed by atoms with Gasteiger partial charge in [0.15, 0.2) is 0 Å². The van der Waals surface area contributed by atoms with E-state index in [1.54, 1.807) is 25.1 Å². The Labute approximate surface area is 105 Å². The summed E-state index contributed by atoms with van der Waals surface area (Å²) in [5.74, 6) is -0.349. The van der Waals surface area contributed by atoms with E-state index >= 15 is 0 Å². The van der Waals surface area contributed by atoms with Crippen molar-refractivity contribution in [3.63, 3.8) is 0 Å². The summed E-state index contributed by atoms with van der Waals surface area (Å²) < 4.78 is 4.57. The molecule has 0 aliphatic carbocycles. The van der Waals surface area contributed by atoms with Gasteiger partial charge in [-0.25, -0.2) is 0 Å². The second-order valence-corrected chi connectivity index (χ2v) is 3.83. The van der Waals surface area contributed by atoms with E-state index in [2.05, 4.69) is 10.1 Å². The lowest BCUT2D eigenvalue weighted by Crippen LogP contribution is -2.36. The number of hydrogen-bond donors (Lipinski definition) is 1. The van der Waals surface area contributed by atoms with Gasteiger partial charge in [0.05, 0.1) is 12.0 Å². The van der Waals surface area contributed by atoms with Crippen LogP contribution >= 0.6 is 0 Å². The molecule has 0 aliphatic rings. The molecule has 6 nitrogen and oxygen atoms in total. The summed E-state index contributed by atoms with van der Waals surface area (Å²) in [6.45, 7) is 2.16. The van der Waals surface area contributed by atoms with Crippen LogP contribution in [0.2, 0.25) is 0 Å². The van der Waals surface area contributed by atoms with Crippen molar-refractivity contribution in [2.45, 2.75) is 19.4 Å². The van der Waals surface area contributed by atoms with Gasteiger partial charge < -0.3 is 10.1 Å². The molecule has 1 aromatic carbocycles. The molecule has 98 valence electrons. The quantitative estimate of drug-likeness (QED) is 0.468. The summed E-state index contributed by atoms with van der Waals surface area (Å²) in [6, 6.07) is 6.15. The minimum absolute atomic E-state index is 0.102. The van der Waals surface area contributed by atoms with Gasteiger partial charge in [-0.05, 0) is 13.3 Å². The molecule has 0 aromatic heterocycles. The Morgan fingerprint density at radius 1 is 1.50 bits per heavy atom. The van der Waals surface area contributed by atoms with Crippen LogP contribution in [0, 0.1) is 10.1 Å². The van der Waals surface area contributed by atoms with Crippen molar-refractivity contribution >= 4 is 11.7 Å². The maximum atomic E-state index is 11.1. The number of nitro groups is 1. The summed E-state index contributed by atoms with van der Waals surface area (Å²) in [5, 5.41) is 13.7. The first kappa shape index (κ1) is 14.1. The molecule has 0 heterocycles. The van der Waals surface area contributed by atoms with E-state index in [1.807, 2.05) is 0 Å². The Balaban J connectivity index is 2.54. The molecule has 0 fully saturated rings. The van der Waals surface area contributed by atoms with Gasteiger partial charge >= 0.3 is 5.97 Å². The largest absolute Gasteiger partial charge is 0.468 e. The van der Waals surface area contributed by atoms with Gasteiger partial charge in [-0.2, -0.15) is 0 Å². The number of carbonyl (C=O) groups excluding carboxylic acids is 1. The van der Waals surface area contributed by atoms with Gasteiger partial charge in [-0.1, -0.05) is 18.2 Å². The van der Waals surface area contributed by atoms with E-state index in [0.717, 1.165) is 0 Å². The van der Waals surface area contributed by atoms with Crippen molar-refractivity contribution in [1.29, 1.82) is 0 Å². The molecule has 0 spiro atoms. The third-order valence-electron chi connectivity index (χ3n) is 2.59. The minimum Gasteiger partial charge on any atom is -0.468 e. The third-order valence-corrected chi connectivity index (χ3v) is 2.59. The number of esters is 1. The SMILES string of the molecule is COC(=O)C(C)NCCc1ccccc1[N+](=O)[O-]. The highest BCUT2D eigenvalue weighted by atomic mass is 16.6. The lowest BCUT2D eigenvalue weighted by atomic mass is 10.1. The van der Waals surface area contributed by atoms with E-state index in [9.17, 15) is 14.9 Å². The Bertz CT molecular complexity index is 434. The predicted octanol–water partition coefficient (Wildman–Crippen LogP) is 1.29. The summed E-state index contributed by atoms with van der Waals surface area (Å²) in [7, 11) is 1.32. The van der Waals surface area contributed by atoms with Crippen LogP contribution < -0.4 is 5.32 Å². The van der Waals surface area contributed by atoms with Crippen LogP contribution in [0.5, 0.6) is 0 Å². The molecule has 0 saturated heterocycles. The Morgan fingerprint density at radius 3 is 2.78 bits per heavy atom. The number of nitro benzene ring substituents is 1. The molecule has 1 atom stereocenters. The second-order valence-electron chi connectivity index (χ2n) is 3.83. The van der Waals surface area contributed by atoms with Gasteiger partial charge in [0.25, 0.3) is 5.69 Å². The van der Waals surface area contributed by atoms with Crippen LogP contribution in [0.25, 0.3) is 0 Å². The minimum atomic E-state index is -0.419. The average molecular weight is 252 g/mol. The summed E-state index contributed by atoms with van der Waals surface area (Å²) >= 11 is 0. The molecule has 0 amide bonds. The number of hydrogen-bond acceptors (Lipinski definition) is 5. The number of para-hydroxylation sites is 1. The number of carbonyl (C=O) groups is 1.